The molecule has 7 heteroatoms. The summed E-state index contributed by atoms with van der Waals surface area (Å²) in [5, 5.41) is 18.6. The minimum Gasteiger partial charge on any atom is -0.508 e. The molecule has 0 radical (unpaired) electrons. The summed E-state index contributed by atoms with van der Waals surface area (Å²) in [4.78, 5) is 29.5. The van der Waals surface area contributed by atoms with Crippen LogP contribution >= 0.6 is 0 Å². The smallest absolute Gasteiger partial charge is 0.327 e. The Morgan fingerprint density at radius 3 is 2.39 bits per heavy atom. The average Bonchev–Trinajstić information content (AvgIpc) is 3.07. The van der Waals surface area contributed by atoms with Crippen LogP contribution in [0.15, 0.2) is 48.5 Å². The van der Waals surface area contributed by atoms with Gasteiger partial charge in [0.25, 0.3) is 0 Å². The number of likely N-dealkylation sites (tertiary alicyclic amines) is 1. The first-order valence-electron chi connectivity index (χ1n) is 10.6. The van der Waals surface area contributed by atoms with Crippen molar-refractivity contribution in [3.05, 3.63) is 65.2 Å². The Bertz CT molecular complexity index is 944. The van der Waals surface area contributed by atoms with E-state index in [2.05, 4.69) is 6.07 Å². The van der Waals surface area contributed by atoms with Crippen molar-refractivity contribution in [3.8, 4) is 11.8 Å². The van der Waals surface area contributed by atoms with Crippen molar-refractivity contribution in [2.24, 2.45) is 5.73 Å². The van der Waals surface area contributed by atoms with E-state index in [9.17, 15) is 14.7 Å². The molecule has 1 saturated heterocycles. The second-order valence-electron chi connectivity index (χ2n) is 7.90. The minimum absolute atomic E-state index is 0.0837. The molecule has 7 nitrogen and oxygen atoms in total. The minimum atomic E-state index is -0.915. The molecule has 2 aromatic rings. The van der Waals surface area contributed by atoms with Crippen molar-refractivity contribution in [3.63, 3.8) is 0 Å². The quantitative estimate of drug-likeness (QED) is 0.772. The molecule has 3 N–H and O–H groups in total. The van der Waals surface area contributed by atoms with E-state index in [4.69, 9.17) is 11.0 Å². The van der Waals surface area contributed by atoms with Gasteiger partial charge in [0.05, 0.1) is 24.2 Å². The molecule has 162 valence electrons. The number of phenolic OH excluding ortho intramolecular Hbond substituents is 1. The molecule has 2 aromatic carbocycles. The van der Waals surface area contributed by atoms with Crippen molar-refractivity contribution in [2.75, 3.05) is 13.1 Å². The van der Waals surface area contributed by atoms with Crippen molar-refractivity contribution in [2.45, 2.75) is 44.7 Å². The number of nitrogens with two attached hydrogens (primary N) is 1. The molecular formula is C24H28N4O3. The van der Waals surface area contributed by atoms with Crippen molar-refractivity contribution < 1.29 is 14.7 Å². The van der Waals surface area contributed by atoms with Crippen LogP contribution in [0, 0.1) is 11.3 Å². The van der Waals surface area contributed by atoms with Crippen LogP contribution in [0.5, 0.6) is 5.75 Å². The average molecular weight is 421 g/mol. The molecule has 1 atom stereocenters. The molecule has 1 aliphatic heterocycles. The summed E-state index contributed by atoms with van der Waals surface area (Å²) in [6, 6.07) is 14.2. The maximum Gasteiger partial charge on any atom is 0.327 e. The monoisotopic (exact) mass is 420 g/mol. The molecule has 31 heavy (non-hydrogen) atoms. The predicted octanol–water partition coefficient (Wildman–Crippen LogP) is 3.16. The molecule has 0 aromatic heterocycles. The number of nitrogens with zero attached hydrogens (tertiary/aromatic N) is 3. The molecule has 0 aliphatic carbocycles. The predicted molar refractivity (Wildman–Crippen MR) is 117 cm³/mol. The molecule has 0 bridgehead atoms. The highest BCUT2D eigenvalue weighted by Crippen LogP contribution is 2.17. The third kappa shape index (κ3) is 6.06. The first-order valence-corrected chi connectivity index (χ1v) is 10.6. The van der Waals surface area contributed by atoms with Crippen LogP contribution in [0.2, 0.25) is 0 Å². The highest BCUT2D eigenvalue weighted by Gasteiger charge is 2.30. The van der Waals surface area contributed by atoms with E-state index in [-0.39, 0.29) is 24.7 Å². The van der Waals surface area contributed by atoms with Crippen LogP contribution in [-0.4, -0.2) is 46.0 Å². The fourth-order valence-electron chi connectivity index (χ4n) is 3.77. The molecule has 3 rings (SSSR count). The number of rotatable bonds is 5. The van der Waals surface area contributed by atoms with Crippen LogP contribution in [0.25, 0.3) is 0 Å². The zero-order valence-electron chi connectivity index (χ0n) is 17.5. The van der Waals surface area contributed by atoms with Gasteiger partial charge in [-0.1, -0.05) is 37.1 Å². The van der Waals surface area contributed by atoms with E-state index in [1.165, 1.54) is 17.0 Å². The van der Waals surface area contributed by atoms with E-state index < -0.39 is 11.9 Å². The van der Waals surface area contributed by atoms with Crippen molar-refractivity contribution >= 4 is 11.9 Å². The summed E-state index contributed by atoms with van der Waals surface area (Å²) in [6.45, 7) is 1.33. The third-order valence-corrected chi connectivity index (χ3v) is 5.48. The van der Waals surface area contributed by atoms with E-state index >= 15 is 0 Å². The van der Waals surface area contributed by atoms with Gasteiger partial charge < -0.3 is 15.7 Å². The summed E-state index contributed by atoms with van der Waals surface area (Å²) >= 11 is 0. The third-order valence-electron chi connectivity index (χ3n) is 5.48. The maximum absolute atomic E-state index is 13.3. The second-order valence-corrected chi connectivity index (χ2v) is 7.90. The Balaban J connectivity index is 1.80. The normalized spacial score (nSPS) is 14.9. The number of hydrogen-bond acceptors (Lipinski definition) is 5. The molecule has 1 fully saturated rings. The van der Waals surface area contributed by atoms with Gasteiger partial charge in [0.1, 0.15) is 5.75 Å². The number of benzene rings is 2. The Hall–Kier alpha value is -3.37. The molecule has 0 saturated carbocycles. The molecule has 1 aliphatic rings. The number of imide groups is 1. The lowest BCUT2D eigenvalue weighted by atomic mass is 10.0. The van der Waals surface area contributed by atoms with E-state index in [0.29, 0.717) is 18.7 Å². The molecular weight excluding hydrogens is 392 g/mol. The van der Waals surface area contributed by atoms with Gasteiger partial charge in [0.15, 0.2) is 0 Å². The zero-order valence-corrected chi connectivity index (χ0v) is 17.5. The van der Waals surface area contributed by atoms with Gasteiger partial charge in [0.2, 0.25) is 5.91 Å². The molecule has 3 amide bonds. The summed E-state index contributed by atoms with van der Waals surface area (Å²) in [7, 11) is 0. The SMILES string of the molecule is N#Cc1cccc(CC(N)C(=O)N(Cc2ccc(O)cc2)C(=O)N2CCCCCC2)c1. The van der Waals surface area contributed by atoms with E-state index in [1.807, 2.05) is 6.07 Å². The topological polar surface area (TPSA) is 111 Å². The number of aromatic hydroxyl groups is 1. The van der Waals surface area contributed by atoms with E-state index in [0.717, 1.165) is 36.8 Å². The summed E-state index contributed by atoms with van der Waals surface area (Å²) < 4.78 is 0. The Morgan fingerprint density at radius 1 is 1.06 bits per heavy atom. The lowest BCUT2D eigenvalue weighted by molar-refractivity contribution is -0.130. The summed E-state index contributed by atoms with van der Waals surface area (Å²) in [6.07, 6.45) is 4.21. The number of carbonyl (C=O) groups excluding carboxylic acids is 2. The van der Waals surface area contributed by atoms with Crippen LogP contribution in [0.1, 0.15) is 42.4 Å². The lowest BCUT2D eigenvalue weighted by Gasteiger charge is -2.30. The van der Waals surface area contributed by atoms with Gasteiger partial charge in [-0.05, 0) is 54.7 Å². The summed E-state index contributed by atoms with van der Waals surface area (Å²) in [5.41, 5.74) is 8.23. The Kier molecular flexibility index (Phi) is 7.63. The maximum atomic E-state index is 13.3. The second kappa shape index (κ2) is 10.6. The van der Waals surface area contributed by atoms with Crippen LogP contribution in [0.3, 0.4) is 0 Å². The zero-order chi connectivity index (χ0) is 22.2. The largest absolute Gasteiger partial charge is 0.508 e. The molecule has 0 spiro atoms. The van der Waals surface area contributed by atoms with Crippen LogP contribution in [-0.2, 0) is 17.8 Å². The van der Waals surface area contributed by atoms with Crippen LogP contribution in [0.4, 0.5) is 4.79 Å². The van der Waals surface area contributed by atoms with Gasteiger partial charge in [-0.2, -0.15) is 5.26 Å². The molecule has 1 heterocycles. The summed E-state index contributed by atoms with van der Waals surface area (Å²) in [5.74, 6) is -0.334. The Morgan fingerprint density at radius 2 is 1.74 bits per heavy atom. The fraction of sp³-hybridized carbons (Fsp3) is 0.375. The number of urea groups is 1. The van der Waals surface area contributed by atoms with Crippen molar-refractivity contribution in [1.82, 2.24) is 9.80 Å². The highest BCUT2D eigenvalue weighted by molar-refractivity contribution is 5.97. The van der Waals surface area contributed by atoms with Gasteiger partial charge >= 0.3 is 6.03 Å². The van der Waals surface area contributed by atoms with Gasteiger partial charge in [-0.3, -0.25) is 9.69 Å². The van der Waals surface area contributed by atoms with Gasteiger partial charge in [0, 0.05) is 13.1 Å². The van der Waals surface area contributed by atoms with E-state index in [1.54, 1.807) is 35.2 Å². The first-order chi connectivity index (χ1) is 15.0. The number of carbonyl (C=O) groups is 2. The number of phenols is 1. The number of amides is 3. The van der Waals surface area contributed by atoms with Crippen LogP contribution < -0.4 is 5.73 Å². The van der Waals surface area contributed by atoms with Gasteiger partial charge in [-0.25, -0.2) is 4.79 Å². The standard InChI is InChI=1S/C24H28N4O3/c25-16-20-7-5-6-19(14-20)15-22(26)23(30)28(17-18-8-10-21(29)11-9-18)24(31)27-12-3-1-2-4-13-27/h5-11,14,22,29H,1-4,12-13,15,17,26H2. The Labute approximate surface area is 182 Å². The molecule has 1 unspecified atom stereocenters. The fourth-order valence-corrected chi connectivity index (χ4v) is 3.77. The highest BCUT2D eigenvalue weighted by atomic mass is 16.3. The number of hydrogen-bond donors (Lipinski definition) is 2. The van der Waals surface area contributed by atoms with Gasteiger partial charge in [-0.15, -0.1) is 0 Å². The first kappa shape index (κ1) is 22.3. The van der Waals surface area contributed by atoms with Crippen molar-refractivity contribution in [1.29, 1.82) is 5.26 Å². The lowest BCUT2D eigenvalue weighted by Crippen LogP contribution is -2.52. The number of nitriles is 1.